The lowest BCUT2D eigenvalue weighted by Crippen LogP contribution is -2.18. The number of hydrogen-bond donors (Lipinski definition) is 0. The Bertz CT molecular complexity index is 84.9. The van der Waals surface area contributed by atoms with Crippen LogP contribution in [0.5, 0.6) is 0 Å². The average Bonchev–Trinajstić information content (AvgIpc) is 1.91. The highest BCUT2D eigenvalue weighted by Crippen LogP contribution is 2.12. The topological polar surface area (TPSA) is 18.5 Å². The number of hydrogen-bond acceptors (Lipinski definition) is 2. The summed E-state index contributed by atoms with van der Waals surface area (Å²) in [5.41, 5.74) is 0. The first kappa shape index (κ1) is 6.78. The molecule has 1 atom stereocenters. The summed E-state index contributed by atoms with van der Waals surface area (Å²) in [5.74, 6) is 0. The summed E-state index contributed by atoms with van der Waals surface area (Å²) in [6, 6.07) is 0. The van der Waals surface area contributed by atoms with E-state index in [1.807, 2.05) is 6.08 Å². The van der Waals surface area contributed by atoms with E-state index in [1.54, 1.807) is 0 Å². The van der Waals surface area contributed by atoms with Crippen molar-refractivity contribution in [3.8, 4) is 0 Å². The van der Waals surface area contributed by atoms with Gasteiger partial charge in [-0.3, -0.25) is 0 Å². The molecule has 0 aromatic carbocycles. The molecule has 1 heterocycles. The van der Waals surface area contributed by atoms with Crippen LogP contribution in [-0.4, -0.2) is 12.7 Å². The van der Waals surface area contributed by atoms with E-state index in [2.05, 4.69) is 6.58 Å². The van der Waals surface area contributed by atoms with Crippen LogP contribution in [0.15, 0.2) is 12.7 Å². The molecule has 2 nitrogen and oxygen atoms in total. The van der Waals surface area contributed by atoms with Crippen LogP contribution in [0.25, 0.3) is 0 Å². The van der Waals surface area contributed by atoms with Gasteiger partial charge < -0.3 is 0 Å². The molecule has 0 spiro atoms. The predicted octanol–water partition coefficient (Wildman–Crippen LogP) is 1.67. The second-order valence-electron chi connectivity index (χ2n) is 2.21. The van der Waals surface area contributed by atoms with Gasteiger partial charge in [0, 0.05) is 0 Å². The molecule has 0 saturated carbocycles. The minimum Gasteiger partial charge on any atom is -0.236 e. The minimum atomic E-state index is 0.260. The van der Waals surface area contributed by atoms with Gasteiger partial charge in [0.25, 0.3) is 0 Å². The molecule has 1 saturated heterocycles. The first-order valence-electron chi connectivity index (χ1n) is 3.32. The van der Waals surface area contributed by atoms with E-state index >= 15 is 0 Å². The van der Waals surface area contributed by atoms with Crippen LogP contribution < -0.4 is 0 Å². The summed E-state index contributed by atoms with van der Waals surface area (Å²) in [4.78, 5) is 9.73. The van der Waals surface area contributed by atoms with Crippen molar-refractivity contribution in [1.29, 1.82) is 0 Å². The third-order valence-corrected chi connectivity index (χ3v) is 1.39. The highest BCUT2D eigenvalue weighted by atomic mass is 17.2. The summed E-state index contributed by atoms with van der Waals surface area (Å²) in [7, 11) is 0. The van der Waals surface area contributed by atoms with Crippen molar-refractivity contribution >= 4 is 0 Å². The first-order chi connectivity index (χ1) is 4.43. The van der Waals surface area contributed by atoms with Crippen molar-refractivity contribution in [3.63, 3.8) is 0 Å². The Morgan fingerprint density at radius 3 is 3.11 bits per heavy atom. The standard InChI is InChI=1S/C7H12O2/c1-2-4-7-5-3-6-8-9-7/h2,7H,1,3-6H2. The Morgan fingerprint density at radius 2 is 2.56 bits per heavy atom. The zero-order chi connectivity index (χ0) is 6.53. The molecule has 0 aromatic rings. The molecule has 0 N–H and O–H groups in total. The molecule has 1 unspecified atom stereocenters. The SMILES string of the molecule is C=CCC1CCCOO1. The van der Waals surface area contributed by atoms with E-state index in [9.17, 15) is 0 Å². The second kappa shape index (κ2) is 3.64. The average molecular weight is 128 g/mol. The third-order valence-electron chi connectivity index (χ3n) is 1.39. The van der Waals surface area contributed by atoms with Crippen molar-refractivity contribution in [1.82, 2.24) is 0 Å². The maximum absolute atomic E-state index is 4.95. The maximum Gasteiger partial charge on any atom is 0.0965 e. The van der Waals surface area contributed by atoms with Gasteiger partial charge in [-0.05, 0) is 19.3 Å². The van der Waals surface area contributed by atoms with Crippen LogP contribution in [-0.2, 0) is 9.78 Å². The molecule has 2 heteroatoms. The van der Waals surface area contributed by atoms with Crippen molar-refractivity contribution in [2.45, 2.75) is 25.4 Å². The predicted molar refractivity (Wildman–Crippen MR) is 34.9 cm³/mol. The molecule has 52 valence electrons. The molecule has 0 bridgehead atoms. The fraction of sp³-hybridized carbons (Fsp3) is 0.714. The van der Waals surface area contributed by atoms with Gasteiger partial charge >= 0.3 is 0 Å². The van der Waals surface area contributed by atoms with Crippen LogP contribution in [0.1, 0.15) is 19.3 Å². The molecule has 1 aliphatic rings. The van der Waals surface area contributed by atoms with Crippen molar-refractivity contribution in [2.24, 2.45) is 0 Å². The molecule has 0 aliphatic carbocycles. The minimum absolute atomic E-state index is 0.260. The molecule has 0 radical (unpaired) electrons. The lowest BCUT2D eigenvalue weighted by atomic mass is 10.1. The van der Waals surface area contributed by atoms with Crippen molar-refractivity contribution in [3.05, 3.63) is 12.7 Å². The summed E-state index contributed by atoms with van der Waals surface area (Å²) < 4.78 is 0. The maximum atomic E-state index is 4.95. The van der Waals surface area contributed by atoms with E-state index in [4.69, 9.17) is 9.78 Å². The Morgan fingerprint density at radius 1 is 1.67 bits per heavy atom. The van der Waals surface area contributed by atoms with Gasteiger partial charge in [0.1, 0.15) is 0 Å². The van der Waals surface area contributed by atoms with Gasteiger partial charge in [-0.25, -0.2) is 9.78 Å². The monoisotopic (exact) mass is 128 g/mol. The molecule has 1 aliphatic heterocycles. The summed E-state index contributed by atoms with van der Waals surface area (Å²) in [5, 5.41) is 0. The van der Waals surface area contributed by atoms with Crippen LogP contribution in [0.2, 0.25) is 0 Å². The largest absolute Gasteiger partial charge is 0.236 e. The smallest absolute Gasteiger partial charge is 0.0965 e. The quantitative estimate of drug-likeness (QED) is 0.416. The van der Waals surface area contributed by atoms with Crippen molar-refractivity contribution < 1.29 is 9.78 Å². The Kier molecular flexibility index (Phi) is 2.74. The summed E-state index contributed by atoms with van der Waals surface area (Å²) >= 11 is 0. The molecular formula is C7H12O2. The Hall–Kier alpha value is -0.340. The summed E-state index contributed by atoms with van der Waals surface area (Å²) in [6.07, 6.45) is 5.24. The zero-order valence-electron chi connectivity index (χ0n) is 5.51. The van der Waals surface area contributed by atoms with Gasteiger partial charge in [-0.2, -0.15) is 0 Å². The molecule has 0 aromatic heterocycles. The molecule has 0 amide bonds. The second-order valence-corrected chi connectivity index (χ2v) is 2.21. The van der Waals surface area contributed by atoms with E-state index in [0.717, 1.165) is 25.9 Å². The van der Waals surface area contributed by atoms with E-state index in [-0.39, 0.29) is 6.10 Å². The first-order valence-corrected chi connectivity index (χ1v) is 3.32. The zero-order valence-corrected chi connectivity index (χ0v) is 5.51. The van der Waals surface area contributed by atoms with Crippen LogP contribution in [0, 0.1) is 0 Å². The van der Waals surface area contributed by atoms with Crippen LogP contribution >= 0.6 is 0 Å². The normalized spacial score (nSPS) is 27.8. The Balaban J connectivity index is 2.15. The van der Waals surface area contributed by atoms with Gasteiger partial charge in [-0.1, -0.05) is 6.08 Å². The van der Waals surface area contributed by atoms with E-state index in [1.165, 1.54) is 0 Å². The van der Waals surface area contributed by atoms with Gasteiger partial charge in [0.05, 0.1) is 12.7 Å². The van der Waals surface area contributed by atoms with Gasteiger partial charge in [0.2, 0.25) is 0 Å². The van der Waals surface area contributed by atoms with E-state index < -0.39 is 0 Å². The molecule has 9 heavy (non-hydrogen) atoms. The lowest BCUT2D eigenvalue weighted by molar-refractivity contribution is -0.343. The third kappa shape index (κ3) is 2.16. The highest BCUT2D eigenvalue weighted by molar-refractivity contribution is 4.73. The summed E-state index contributed by atoms with van der Waals surface area (Å²) in [6.45, 7) is 4.36. The van der Waals surface area contributed by atoms with Crippen LogP contribution in [0.4, 0.5) is 0 Å². The highest BCUT2D eigenvalue weighted by Gasteiger charge is 2.12. The van der Waals surface area contributed by atoms with Crippen molar-refractivity contribution in [2.75, 3.05) is 6.61 Å². The number of rotatable bonds is 2. The fourth-order valence-corrected chi connectivity index (χ4v) is 0.905. The molecule has 1 rings (SSSR count). The van der Waals surface area contributed by atoms with Gasteiger partial charge in [0.15, 0.2) is 0 Å². The van der Waals surface area contributed by atoms with Crippen LogP contribution in [0.3, 0.4) is 0 Å². The fourth-order valence-electron chi connectivity index (χ4n) is 0.905. The van der Waals surface area contributed by atoms with Gasteiger partial charge in [-0.15, -0.1) is 6.58 Å². The Labute approximate surface area is 55.4 Å². The lowest BCUT2D eigenvalue weighted by Gasteiger charge is -2.19. The molecule has 1 fully saturated rings. The van der Waals surface area contributed by atoms with E-state index in [0.29, 0.717) is 0 Å². The molecular weight excluding hydrogens is 116 g/mol.